The molecule has 1 aromatic rings. The summed E-state index contributed by atoms with van der Waals surface area (Å²) in [5, 5.41) is 0. The van der Waals surface area contributed by atoms with Gasteiger partial charge in [0, 0.05) is 17.1 Å². The Kier molecular flexibility index (Phi) is 7.42. The quantitative estimate of drug-likeness (QED) is 0.743. The van der Waals surface area contributed by atoms with E-state index in [1.54, 1.807) is 0 Å². The molecule has 1 atom stereocenters. The van der Waals surface area contributed by atoms with Crippen molar-refractivity contribution in [2.45, 2.75) is 39.7 Å². The molecule has 0 bridgehead atoms. The summed E-state index contributed by atoms with van der Waals surface area (Å²) in [6, 6.07) is 4.33. The van der Waals surface area contributed by atoms with Gasteiger partial charge in [-0.1, -0.05) is 22.9 Å². The number of benzene rings is 1. The third-order valence-corrected chi connectivity index (χ3v) is 3.46. The molecule has 0 fully saturated rings. The SMILES string of the molecule is CCOCCOc1c(C)cc(Br)cc1CC(N)CC. The van der Waals surface area contributed by atoms with Crippen molar-refractivity contribution in [1.82, 2.24) is 0 Å². The van der Waals surface area contributed by atoms with Gasteiger partial charge in [-0.05, 0) is 49.9 Å². The average Bonchev–Trinajstić information content (AvgIpc) is 2.36. The lowest BCUT2D eigenvalue weighted by Crippen LogP contribution is -2.22. The van der Waals surface area contributed by atoms with Gasteiger partial charge in [-0.3, -0.25) is 0 Å². The first-order valence-electron chi connectivity index (χ1n) is 6.83. The summed E-state index contributed by atoms with van der Waals surface area (Å²) in [4.78, 5) is 0. The first kappa shape index (κ1) is 16.5. The molecule has 0 amide bonds. The zero-order valence-corrected chi connectivity index (χ0v) is 13.6. The Hall–Kier alpha value is -0.580. The van der Waals surface area contributed by atoms with Crippen LogP contribution in [-0.4, -0.2) is 25.9 Å². The van der Waals surface area contributed by atoms with E-state index in [2.05, 4.69) is 41.9 Å². The molecule has 1 unspecified atom stereocenters. The maximum atomic E-state index is 6.05. The van der Waals surface area contributed by atoms with Gasteiger partial charge in [0.2, 0.25) is 0 Å². The standard InChI is InChI=1S/C15H24BrNO2/c1-4-14(17)10-12-9-13(16)8-11(3)15(12)19-7-6-18-5-2/h8-9,14H,4-7,10,17H2,1-3H3. The molecule has 0 saturated heterocycles. The van der Waals surface area contributed by atoms with Crippen molar-refractivity contribution in [1.29, 1.82) is 0 Å². The Morgan fingerprint density at radius 2 is 2.00 bits per heavy atom. The predicted octanol–water partition coefficient (Wildman–Crippen LogP) is 3.45. The number of ether oxygens (including phenoxy) is 2. The van der Waals surface area contributed by atoms with Gasteiger partial charge >= 0.3 is 0 Å². The molecule has 19 heavy (non-hydrogen) atoms. The molecule has 0 aliphatic carbocycles. The first-order chi connectivity index (χ1) is 9.08. The molecule has 108 valence electrons. The van der Waals surface area contributed by atoms with E-state index < -0.39 is 0 Å². The van der Waals surface area contributed by atoms with Crippen LogP contribution in [0, 0.1) is 6.92 Å². The molecule has 0 radical (unpaired) electrons. The molecule has 4 heteroatoms. The van der Waals surface area contributed by atoms with Crippen LogP contribution >= 0.6 is 15.9 Å². The molecule has 1 rings (SSSR count). The van der Waals surface area contributed by atoms with E-state index in [0.717, 1.165) is 40.8 Å². The molecule has 0 aliphatic heterocycles. The second-order valence-electron chi connectivity index (χ2n) is 4.63. The summed E-state index contributed by atoms with van der Waals surface area (Å²) in [7, 11) is 0. The largest absolute Gasteiger partial charge is 0.491 e. The summed E-state index contributed by atoms with van der Waals surface area (Å²) in [6.45, 7) is 8.05. The second-order valence-corrected chi connectivity index (χ2v) is 5.54. The van der Waals surface area contributed by atoms with Crippen molar-refractivity contribution in [2.75, 3.05) is 19.8 Å². The minimum absolute atomic E-state index is 0.169. The Labute approximate surface area is 124 Å². The van der Waals surface area contributed by atoms with Crippen LogP contribution in [0.5, 0.6) is 5.75 Å². The van der Waals surface area contributed by atoms with Crippen LogP contribution in [0.2, 0.25) is 0 Å². The van der Waals surface area contributed by atoms with E-state index in [4.69, 9.17) is 15.2 Å². The normalized spacial score (nSPS) is 12.5. The summed E-state index contributed by atoms with van der Waals surface area (Å²) in [5.74, 6) is 0.951. The van der Waals surface area contributed by atoms with Crippen LogP contribution in [0.4, 0.5) is 0 Å². The van der Waals surface area contributed by atoms with Crippen molar-refractivity contribution in [3.05, 3.63) is 27.7 Å². The highest BCUT2D eigenvalue weighted by Gasteiger charge is 2.12. The maximum Gasteiger partial charge on any atom is 0.125 e. The number of hydrogen-bond acceptors (Lipinski definition) is 3. The topological polar surface area (TPSA) is 44.5 Å². The van der Waals surface area contributed by atoms with Crippen LogP contribution in [0.1, 0.15) is 31.4 Å². The van der Waals surface area contributed by atoms with Gasteiger partial charge in [0.1, 0.15) is 12.4 Å². The van der Waals surface area contributed by atoms with Gasteiger partial charge in [-0.2, -0.15) is 0 Å². The van der Waals surface area contributed by atoms with Gasteiger partial charge in [0.25, 0.3) is 0 Å². The third kappa shape index (κ3) is 5.51. The number of halogens is 1. The first-order valence-corrected chi connectivity index (χ1v) is 7.62. The van der Waals surface area contributed by atoms with E-state index in [-0.39, 0.29) is 6.04 Å². The molecule has 1 aromatic carbocycles. The molecular formula is C15H24BrNO2. The monoisotopic (exact) mass is 329 g/mol. The van der Waals surface area contributed by atoms with Crippen LogP contribution in [0.3, 0.4) is 0 Å². The third-order valence-electron chi connectivity index (χ3n) is 3.00. The van der Waals surface area contributed by atoms with Crippen molar-refractivity contribution in [2.24, 2.45) is 5.73 Å². The summed E-state index contributed by atoms with van der Waals surface area (Å²) in [5.41, 5.74) is 8.35. The van der Waals surface area contributed by atoms with Gasteiger partial charge in [0.15, 0.2) is 0 Å². The van der Waals surface area contributed by atoms with E-state index in [1.807, 2.05) is 6.92 Å². The fraction of sp³-hybridized carbons (Fsp3) is 0.600. The van der Waals surface area contributed by atoms with E-state index >= 15 is 0 Å². The minimum Gasteiger partial charge on any atom is -0.491 e. The van der Waals surface area contributed by atoms with Gasteiger partial charge < -0.3 is 15.2 Å². The molecule has 0 heterocycles. The molecule has 2 N–H and O–H groups in total. The maximum absolute atomic E-state index is 6.05. The number of aryl methyl sites for hydroxylation is 1. The summed E-state index contributed by atoms with van der Waals surface area (Å²) < 4.78 is 12.2. The van der Waals surface area contributed by atoms with Gasteiger partial charge in [0.05, 0.1) is 6.61 Å². The lowest BCUT2D eigenvalue weighted by molar-refractivity contribution is 0.109. The number of hydrogen-bond donors (Lipinski definition) is 1. The van der Waals surface area contributed by atoms with Crippen LogP contribution in [0.15, 0.2) is 16.6 Å². The van der Waals surface area contributed by atoms with Gasteiger partial charge in [-0.25, -0.2) is 0 Å². The smallest absolute Gasteiger partial charge is 0.125 e. The lowest BCUT2D eigenvalue weighted by Gasteiger charge is -2.17. The summed E-state index contributed by atoms with van der Waals surface area (Å²) >= 11 is 3.53. The fourth-order valence-electron chi connectivity index (χ4n) is 1.93. The fourth-order valence-corrected chi connectivity index (χ4v) is 2.55. The van der Waals surface area contributed by atoms with Crippen molar-refractivity contribution in [3.63, 3.8) is 0 Å². The average molecular weight is 330 g/mol. The highest BCUT2D eigenvalue weighted by Crippen LogP contribution is 2.29. The highest BCUT2D eigenvalue weighted by molar-refractivity contribution is 9.10. The minimum atomic E-state index is 0.169. The molecule has 0 saturated carbocycles. The van der Waals surface area contributed by atoms with Crippen LogP contribution in [-0.2, 0) is 11.2 Å². The molecule has 0 aliphatic rings. The second kappa shape index (κ2) is 8.56. The lowest BCUT2D eigenvalue weighted by atomic mass is 10.0. The molecule has 0 spiro atoms. The molecular weight excluding hydrogens is 306 g/mol. The van der Waals surface area contributed by atoms with Crippen molar-refractivity contribution >= 4 is 15.9 Å². The Bertz CT molecular complexity index is 396. The number of rotatable bonds is 8. The predicted molar refractivity (Wildman–Crippen MR) is 82.8 cm³/mol. The van der Waals surface area contributed by atoms with Crippen LogP contribution < -0.4 is 10.5 Å². The Balaban J connectivity index is 2.80. The zero-order valence-electron chi connectivity index (χ0n) is 12.0. The van der Waals surface area contributed by atoms with E-state index in [9.17, 15) is 0 Å². The van der Waals surface area contributed by atoms with E-state index in [0.29, 0.717) is 13.2 Å². The number of nitrogens with two attached hydrogens (primary N) is 1. The molecule has 0 aromatic heterocycles. The summed E-state index contributed by atoms with van der Waals surface area (Å²) in [6.07, 6.45) is 1.80. The van der Waals surface area contributed by atoms with Crippen molar-refractivity contribution in [3.8, 4) is 5.75 Å². The van der Waals surface area contributed by atoms with Crippen LogP contribution in [0.25, 0.3) is 0 Å². The van der Waals surface area contributed by atoms with E-state index in [1.165, 1.54) is 0 Å². The Morgan fingerprint density at radius 3 is 2.63 bits per heavy atom. The molecule has 3 nitrogen and oxygen atoms in total. The Morgan fingerprint density at radius 1 is 1.26 bits per heavy atom. The zero-order chi connectivity index (χ0) is 14.3. The van der Waals surface area contributed by atoms with Crippen molar-refractivity contribution < 1.29 is 9.47 Å². The van der Waals surface area contributed by atoms with Gasteiger partial charge in [-0.15, -0.1) is 0 Å². The highest BCUT2D eigenvalue weighted by atomic mass is 79.9.